The number of benzene rings is 2. The molecule has 8 nitrogen and oxygen atoms in total. The quantitative estimate of drug-likeness (QED) is 0.493. The first-order valence-electron chi connectivity index (χ1n) is 7.68. The molecule has 0 aliphatic heterocycles. The number of nitrogens with one attached hydrogen (secondary N) is 1. The summed E-state index contributed by atoms with van der Waals surface area (Å²) in [4.78, 5) is 14.5. The molecule has 0 fully saturated rings. The van der Waals surface area contributed by atoms with Crippen LogP contribution < -0.4 is 9.46 Å². The van der Waals surface area contributed by atoms with Crippen molar-refractivity contribution in [3.05, 3.63) is 63.5 Å². The fraction of sp³-hybridized carbons (Fsp3) is 0.118. The smallest absolute Gasteiger partial charge is 0.273 e. The first-order valence-corrected chi connectivity index (χ1v) is 10.0. The summed E-state index contributed by atoms with van der Waals surface area (Å²) in [6.07, 6.45) is 0. The summed E-state index contributed by atoms with van der Waals surface area (Å²) in [7, 11) is -2.42. The van der Waals surface area contributed by atoms with Crippen molar-refractivity contribution in [2.75, 3.05) is 11.8 Å². The second-order valence-corrected chi connectivity index (χ2v) is 8.12. The Labute approximate surface area is 159 Å². The van der Waals surface area contributed by atoms with Crippen molar-refractivity contribution in [1.82, 2.24) is 4.98 Å². The maximum atomic E-state index is 12.5. The normalized spacial score (nSPS) is 11.2. The number of methoxy groups -OCH3 is 1. The maximum absolute atomic E-state index is 12.5. The van der Waals surface area contributed by atoms with Crippen LogP contribution in [0.15, 0.2) is 52.7 Å². The molecular weight excluding hydrogens is 390 g/mol. The largest absolute Gasteiger partial charge is 0.497 e. The van der Waals surface area contributed by atoms with Crippen molar-refractivity contribution < 1.29 is 18.1 Å². The standard InChI is InChI=1S/C17H15N3O5S2/c1-11-3-8-14(9-16(11)20(21)22)27(23,24)19-17-18-15(10-26-17)12-4-6-13(25-2)7-5-12/h3-10H,1-2H3,(H,18,19). The Morgan fingerprint density at radius 2 is 1.89 bits per heavy atom. The Bertz CT molecular complexity index is 1090. The first-order chi connectivity index (χ1) is 12.8. The summed E-state index contributed by atoms with van der Waals surface area (Å²) in [6, 6.07) is 11.0. The van der Waals surface area contributed by atoms with Crippen LogP contribution in [-0.4, -0.2) is 25.4 Å². The maximum Gasteiger partial charge on any atom is 0.273 e. The predicted molar refractivity (Wildman–Crippen MR) is 103 cm³/mol. The van der Waals surface area contributed by atoms with E-state index in [0.717, 1.165) is 23.0 Å². The molecule has 1 heterocycles. The predicted octanol–water partition coefficient (Wildman–Crippen LogP) is 3.84. The van der Waals surface area contributed by atoms with Gasteiger partial charge < -0.3 is 4.74 Å². The van der Waals surface area contributed by atoms with Gasteiger partial charge in [0.1, 0.15) is 5.75 Å². The number of nitro groups is 1. The average Bonchev–Trinajstić information content (AvgIpc) is 3.09. The van der Waals surface area contributed by atoms with Crippen molar-refractivity contribution in [3.8, 4) is 17.0 Å². The average molecular weight is 405 g/mol. The van der Waals surface area contributed by atoms with E-state index in [1.165, 1.54) is 12.1 Å². The lowest BCUT2D eigenvalue weighted by Gasteiger charge is -2.06. The lowest BCUT2D eigenvalue weighted by molar-refractivity contribution is -0.385. The van der Waals surface area contributed by atoms with Gasteiger partial charge in [-0.1, -0.05) is 6.07 Å². The van der Waals surface area contributed by atoms with Crippen LogP contribution in [0.25, 0.3) is 11.3 Å². The van der Waals surface area contributed by atoms with Crippen molar-refractivity contribution in [2.45, 2.75) is 11.8 Å². The molecule has 0 amide bonds. The number of aryl methyl sites for hydroxylation is 1. The van der Waals surface area contributed by atoms with Crippen LogP contribution in [0.2, 0.25) is 0 Å². The molecule has 1 N–H and O–H groups in total. The Hall–Kier alpha value is -2.98. The minimum Gasteiger partial charge on any atom is -0.497 e. The van der Waals surface area contributed by atoms with E-state index in [1.807, 2.05) is 12.1 Å². The van der Waals surface area contributed by atoms with E-state index in [-0.39, 0.29) is 15.7 Å². The van der Waals surface area contributed by atoms with Crippen molar-refractivity contribution in [3.63, 3.8) is 0 Å². The Morgan fingerprint density at radius 3 is 2.52 bits per heavy atom. The van der Waals surface area contributed by atoms with Crippen LogP contribution in [0, 0.1) is 17.0 Å². The SMILES string of the molecule is COc1ccc(-c2csc(NS(=O)(=O)c3ccc(C)c([N+](=O)[O-])c3)n2)cc1. The molecule has 1 aromatic heterocycles. The summed E-state index contributed by atoms with van der Waals surface area (Å²) in [5, 5.41) is 12.9. The highest BCUT2D eigenvalue weighted by atomic mass is 32.2. The molecule has 0 aliphatic rings. The molecule has 0 saturated heterocycles. The molecule has 3 rings (SSSR count). The van der Waals surface area contributed by atoms with E-state index in [2.05, 4.69) is 9.71 Å². The van der Waals surface area contributed by atoms with Gasteiger partial charge in [0.25, 0.3) is 15.7 Å². The zero-order valence-electron chi connectivity index (χ0n) is 14.4. The highest BCUT2D eigenvalue weighted by Gasteiger charge is 2.21. The van der Waals surface area contributed by atoms with E-state index in [1.54, 1.807) is 31.5 Å². The van der Waals surface area contributed by atoms with Crippen LogP contribution >= 0.6 is 11.3 Å². The number of ether oxygens (including phenoxy) is 1. The van der Waals surface area contributed by atoms with E-state index in [0.29, 0.717) is 17.0 Å². The van der Waals surface area contributed by atoms with Crippen LogP contribution in [0.1, 0.15) is 5.56 Å². The fourth-order valence-corrected chi connectivity index (χ4v) is 4.33. The zero-order valence-corrected chi connectivity index (χ0v) is 16.0. The second-order valence-electron chi connectivity index (χ2n) is 5.58. The van der Waals surface area contributed by atoms with Gasteiger partial charge in [-0.25, -0.2) is 13.4 Å². The molecule has 0 radical (unpaired) electrons. The zero-order chi connectivity index (χ0) is 19.6. The Kier molecular flexibility index (Phi) is 5.10. The number of sulfonamides is 1. The van der Waals surface area contributed by atoms with Gasteiger partial charge in [-0.05, 0) is 37.3 Å². The molecule has 10 heteroatoms. The number of hydrogen-bond acceptors (Lipinski definition) is 7. The third kappa shape index (κ3) is 4.07. The lowest BCUT2D eigenvalue weighted by Crippen LogP contribution is -2.13. The topological polar surface area (TPSA) is 111 Å². The third-order valence-corrected chi connectivity index (χ3v) is 6.02. The highest BCUT2D eigenvalue weighted by molar-refractivity contribution is 7.93. The minimum absolute atomic E-state index is 0.170. The highest BCUT2D eigenvalue weighted by Crippen LogP contribution is 2.29. The van der Waals surface area contributed by atoms with Crippen LogP contribution in [0.3, 0.4) is 0 Å². The lowest BCUT2D eigenvalue weighted by atomic mass is 10.2. The molecule has 0 saturated carbocycles. The van der Waals surface area contributed by atoms with Gasteiger partial charge in [-0.15, -0.1) is 11.3 Å². The van der Waals surface area contributed by atoms with Crippen molar-refractivity contribution in [1.29, 1.82) is 0 Å². The first kappa shape index (κ1) is 18.8. The molecule has 0 atom stereocenters. The van der Waals surface area contributed by atoms with Crippen molar-refractivity contribution >= 4 is 32.2 Å². The number of rotatable bonds is 6. The molecule has 0 unspecified atom stereocenters. The number of thiazole rings is 1. The van der Waals surface area contributed by atoms with Gasteiger partial charge in [0, 0.05) is 22.6 Å². The van der Waals surface area contributed by atoms with E-state index in [9.17, 15) is 18.5 Å². The van der Waals surface area contributed by atoms with Crippen molar-refractivity contribution in [2.24, 2.45) is 0 Å². The number of nitro benzene ring substituents is 1. The summed E-state index contributed by atoms with van der Waals surface area (Å²) in [6.45, 7) is 1.55. The van der Waals surface area contributed by atoms with Gasteiger partial charge in [0.15, 0.2) is 5.13 Å². The molecule has 0 aliphatic carbocycles. The second kappa shape index (κ2) is 7.33. The molecule has 0 spiro atoms. The Balaban J connectivity index is 1.85. The number of nitrogens with zero attached hydrogens (tertiary/aromatic N) is 2. The van der Waals surface area contributed by atoms with Gasteiger partial charge in [-0.2, -0.15) is 0 Å². The number of anilines is 1. The Morgan fingerprint density at radius 1 is 1.19 bits per heavy atom. The molecule has 2 aromatic carbocycles. The minimum atomic E-state index is -3.99. The van der Waals surface area contributed by atoms with Crippen LogP contribution in [0.4, 0.5) is 10.8 Å². The molecule has 27 heavy (non-hydrogen) atoms. The van der Waals surface area contributed by atoms with E-state index < -0.39 is 14.9 Å². The molecule has 3 aromatic rings. The van der Waals surface area contributed by atoms with E-state index in [4.69, 9.17) is 4.74 Å². The summed E-state index contributed by atoms with van der Waals surface area (Å²) >= 11 is 1.12. The summed E-state index contributed by atoms with van der Waals surface area (Å²) < 4.78 is 32.5. The third-order valence-electron chi connectivity index (χ3n) is 3.80. The number of hydrogen-bond donors (Lipinski definition) is 1. The molecule has 0 bridgehead atoms. The van der Waals surface area contributed by atoms with Gasteiger partial charge in [-0.3, -0.25) is 14.8 Å². The summed E-state index contributed by atoms with van der Waals surface area (Å²) in [5.74, 6) is 0.705. The molecular formula is C17H15N3O5S2. The number of aromatic nitrogens is 1. The molecule has 140 valence electrons. The monoisotopic (exact) mass is 405 g/mol. The van der Waals surface area contributed by atoms with Gasteiger partial charge in [0.2, 0.25) is 0 Å². The van der Waals surface area contributed by atoms with Crippen LogP contribution in [0.5, 0.6) is 5.75 Å². The summed E-state index contributed by atoms with van der Waals surface area (Å²) in [5.41, 5.74) is 1.55. The van der Waals surface area contributed by atoms with Crippen LogP contribution in [-0.2, 0) is 10.0 Å². The van der Waals surface area contributed by atoms with Gasteiger partial charge >= 0.3 is 0 Å². The van der Waals surface area contributed by atoms with E-state index >= 15 is 0 Å². The van der Waals surface area contributed by atoms with Gasteiger partial charge in [0.05, 0.1) is 22.6 Å². The fourth-order valence-electron chi connectivity index (χ4n) is 2.34.